The molecule has 3 rings (SSSR count). The summed E-state index contributed by atoms with van der Waals surface area (Å²) in [4.78, 5) is 4.32. The minimum atomic E-state index is -3.37. The predicted octanol–water partition coefficient (Wildman–Crippen LogP) is 3.48. The summed E-state index contributed by atoms with van der Waals surface area (Å²) in [7, 11) is -3.37. The molecular weight excluding hydrogens is 318 g/mol. The molecule has 3 aromatic rings. The summed E-state index contributed by atoms with van der Waals surface area (Å²) < 4.78 is 26.7. The Balaban J connectivity index is 1.81. The van der Waals surface area contributed by atoms with Gasteiger partial charge in [-0.2, -0.15) is 8.42 Å². The molecule has 0 fully saturated rings. The minimum Gasteiger partial charge on any atom is -0.270 e. The van der Waals surface area contributed by atoms with Gasteiger partial charge in [0.05, 0.1) is 12.9 Å². The van der Waals surface area contributed by atoms with E-state index in [4.69, 9.17) is 4.18 Å². The fraction of sp³-hybridized carbons (Fsp3) is 0.188. The third-order valence-electron chi connectivity index (χ3n) is 3.27. The average Bonchev–Trinajstić information content (AvgIpc) is 2.99. The topological polar surface area (TPSA) is 56.3 Å². The van der Waals surface area contributed by atoms with E-state index >= 15 is 0 Å². The standard InChI is InChI=1S/C16H15NO3S2/c1-22(18,19)20-8-6-12-2-3-14-11-15(5-4-13(14)10-12)16-17-7-9-21-16/h2-5,7,9-11H,6,8H2,1H3. The van der Waals surface area contributed by atoms with Gasteiger partial charge < -0.3 is 0 Å². The van der Waals surface area contributed by atoms with Crippen LogP contribution in [-0.2, 0) is 20.7 Å². The molecule has 0 N–H and O–H groups in total. The molecule has 0 amide bonds. The van der Waals surface area contributed by atoms with Gasteiger partial charge in [0.25, 0.3) is 10.1 Å². The van der Waals surface area contributed by atoms with Gasteiger partial charge in [0.2, 0.25) is 0 Å². The molecular formula is C16H15NO3S2. The van der Waals surface area contributed by atoms with E-state index in [9.17, 15) is 8.42 Å². The van der Waals surface area contributed by atoms with Crippen molar-refractivity contribution in [1.29, 1.82) is 0 Å². The highest BCUT2D eigenvalue weighted by Crippen LogP contribution is 2.26. The quantitative estimate of drug-likeness (QED) is 0.671. The number of nitrogens with zero attached hydrogens (tertiary/aromatic N) is 1. The monoisotopic (exact) mass is 333 g/mol. The first-order chi connectivity index (χ1) is 10.5. The molecule has 0 atom stereocenters. The largest absolute Gasteiger partial charge is 0.270 e. The van der Waals surface area contributed by atoms with E-state index in [1.54, 1.807) is 17.5 Å². The van der Waals surface area contributed by atoms with Crippen LogP contribution in [0.1, 0.15) is 5.56 Å². The van der Waals surface area contributed by atoms with E-state index in [0.29, 0.717) is 6.42 Å². The lowest BCUT2D eigenvalue weighted by molar-refractivity contribution is 0.326. The number of rotatable bonds is 5. The van der Waals surface area contributed by atoms with E-state index in [1.165, 1.54) is 0 Å². The fourth-order valence-electron chi connectivity index (χ4n) is 2.26. The molecule has 6 heteroatoms. The maximum Gasteiger partial charge on any atom is 0.264 e. The van der Waals surface area contributed by atoms with Crippen LogP contribution < -0.4 is 0 Å². The number of hydrogen-bond acceptors (Lipinski definition) is 5. The molecule has 22 heavy (non-hydrogen) atoms. The van der Waals surface area contributed by atoms with E-state index < -0.39 is 10.1 Å². The lowest BCUT2D eigenvalue weighted by Crippen LogP contribution is -2.06. The molecule has 0 aliphatic rings. The van der Waals surface area contributed by atoms with Gasteiger partial charge in [-0.05, 0) is 28.8 Å². The molecule has 1 heterocycles. The first-order valence-electron chi connectivity index (χ1n) is 6.78. The van der Waals surface area contributed by atoms with Crippen LogP contribution in [0.5, 0.6) is 0 Å². The molecule has 0 radical (unpaired) electrons. The second-order valence-electron chi connectivity index (χ2n) is 5.01. The highest BCUT2D eigenvalue weighted by atomic mass is 32.2. The summed E-state index contributed by atoms with van der Waals surface area (Å²) >= 11 is 1.62. The Kier molecular flexibility index (Phi) is 4.24. The smallest absolute Gasteiger partial charge is 0.264 e. The Hall–Kier alpha value is -1.76. The summed E-state index contributed by atoms with van der Waals surface area (Å²) in [6.45, 7) is 0.168. The van der Waals surface area contributed by atoms with Gasteiger partial charge in [-0.3, -0.25) is 4.18 Å². The molecule has 0 bridgehead atoms. The average molecular weight is 333 g/mol. The van der Waals surface area contributed by atoms with E-state index in [2.05, 4.69) is 29.2 Å². The first-order valence-corrected chi connectivity index (χ1v) is 9.48. The Labute approximate surface area is 133 Å². The van der Waals surface area contributed by atoms with Crippen LogP contribution in [0.25, 0.3) is 21.3 Å². The number of aromatic nitrogens is 1. The zero-order valence-corrected chi connectivity index (χ0v) is 13.7. The molecule has 0 saturated carbocycles. The van der Waals surface area contributed by atoms with Crippen molar-refractivity contribution in [3.05, 3.63) is 53.5 Å². The second-order valence-corrected chi connectivity index (χ2v) is 7.55. The Morgan fingerprint density at radius 1 is 1.14 bits per heavy atom. The highest BCUT2D eigenvalue weighted by molar-refractivity contribution is 7.85. The van der Waals surface area contributed by atoms with Crippen LogP contribution in [0.4, 0.5) is 0 Å². The van der Waals surface area contributed by atoms with Gasteiger partial charge in [-0.15, -0.1) is 11.3 Å². The van der Waals surface area contributed by atoms with Crippen LogP contribution in [0.15, 0.2) is 48.0 Å². The Bertz CT molecular complexity index is 887. The van der Waals surface area contributed by atoms with Crippen molar-refractivity contribution in [2.24, 2.45) is 0 Å². The molecule has 1 aromatic heterocycles. The zero-order chi connectivity index (χ0) is 15.6. The van der Waals surface area contributed by atoms with E-state index in [1.807, 2.05) is 17.5 Å². The molecule has 0 saturated heterocycles. The highest BCUT2D eigenvalue weighted by Gasteiger charge is 2.05. The summed E-state index contributed by atoms with van der Waals surface area (Å²) in [5.41, 5.74) is 2.16. The molecule has 0 spiro atoms. The SMILES string of the molecule is CS(=O)(=O)OCCc1ccc2cc(-c3nccs3)ccc2c1. The molecule has 4 nitrogen and oxygen atoms in total. The number of benzene rings is 2. The molecule has 0 aliphatic heterocycles. The van der Waals surface area contributed by atoms with Crippen molar-refractivity contribution in [2.45, 2.75) is 6.42 Å². The van der Waals surface area contributed by atoms with E-state index in [0.717, 1.165) is 33.2 Å². The molecule has 0 unspecified atom stereocenters. The van der Waals surface area contributed by atoms with Crippen molar-refractivity contribution in [1.82, 2.24) is 4.98 Å². The Morgan fingerprint density at radius 2 is 1.91 bits per heavy atom. The predicted molar refractivity (Wildman–Crippen MR) is 89.6 cm³/mol. The molecule has 2 aromatic carbocycles. The van der Waals surface area contributed by atoms with Gasteiger partial charge in [-0.1, -0.05) is 30.3 Å². The molecule has 0 aliphatic carbocycles. The normalized spacial score (nSPS) is 11.9. The van der Waals surface area contributed by atoms with Crippen LogP contribution >= 0.6 is 11.3 Å². The zero-order valence-electron chi connectivity index (χ0n) is 12.0. The second kappa shape index (κ2) is 6.16. The fourth-order valence-corrected chi connectivity index (χ4v) is 3.28. The van der Waals surface area contributed by atoms with Crippen molar-refractivity contribution in [2.75, 3.05) is 12.9 Å². The maximum atomic E-state index is 11.0. The minimum absolute atomic E-state index is 0.168. The summed E-state index contributed by atoms with van der Waals surface area (Å²) in [5, 5.41) is 5.23. The Morgan fingerprint density at radius 3 is 2.64 bits per heavy atom. The van der Waals surface area contributed by atoms with Gasteiger partial charge in [-0.25, -0.2) is 4.98 Å². The van der Waals surface area contributed by atoms with Crippen molar-refractivity contribution in [3.63, 3.8) is 0 Å². The van der Waals surface area contributed by atoms with Crippen LogP contribution in [0, 0.1) is 0 Å². The number of hydrogen-bond donors (Lipinski definition) is 0. The van der Waals surface area contributed by atoms with Crippen LogP contribution in [0.3, 0.4) is 0 Å². The summed E-state index contributed by atoms with van der Waals surface area (Å²) in [6.07, 6.45) is 3.43. The lowest BCUT2D eigenvalue weighted by atomic mass is 10.0. The van der Waals surface area contributed by atoms with Gasteiger partial charge in [0, 0.05) is 17.1 Å². The third kappa shape index (κ3) is 3.71. The van der Waals surface area contributed by atoms with Crippen LogP contribution in [-0.4, -0.2) is 26.3 Å². The number of thiazole rings is 1. The summed E-state index contributed by atoms with van der Waals surface area (Å²) in [5.74, 6) is 0. The van der Waals surface area contributed by atoms with Crippen molar-refractivity contribution >= 4 is 32.2 Å². The van der Waals surface area contributed by atoms with E-state index in [-0.39, 0.29) is 6.61 Å². The van der Waals surface area contributed by atoms with Gasteiger partial charge in [0.15, 0.2) is 0 Å². The van der Waals surface area contributed by atoms with Gasteiger partial charge >= 0.3 is 0 Å². The lowest BCUT2D eigenvalue weighted by Gasteiger charge is -2.05. The molecule has 114 valence electrons. The van der Waals surface area contributed by atoms with Gasteiger partial charge in [0.1, 0.15) is 5.01 Å². The first kappa shape index (κ1) is 15.1. The number of fused-ring (bicyclic) bond motifs is 1. The van der Waals surface area contributed by atoms with Crippen molar-refractivity contribution < 1.29 is 12.6 Å². The van der Waals surface area contributed by atoms with Crippen LogP contribution in [0.2, 0.25) is 0 Å². The van der Waals surface area contributed by atoms with Crippen molar-refractivity contribution in [3.8, 4) is 10.6 Å². The summed E-state index contributed by atoms with van der Waals surface area (Å²) in [6, 6.07) is 12.3. The maximum absolute atomic E-state index is 11.0. The third-order valence-corrected chi connectivity index (χ3v) is 4.69.